The van der Waals surface area contributed by atoms with E-state index in [9.17, 15) is 0 Å². The van der Waals surface area contributed by atoms with E-state index in [-0.39, 0.29) is 0 Å². The second-order valence-electron chi connectivity index (χ2n) is 8.75. The van der Waals surface area contributed by atoms with Gasteiger partial charge < -0.3 is 10.2 Å². The molecule has 3 nitrogen and oxygen atoms in total. The topological polar surface area (TPSA) is 18.5 Å². The molecule has 21 heavy (non-hydrogen) atoms. The highest BCUT2D eigenvalue weighted by Crippen LogP contribution is 2.60. The fourth-order valence-electron chi connectivity index (χ4n) is 6.38. The van der Waals surface area contributed by atoms with E-state index in [0.29, 0.717) is 5.41 Å². The SMILES string of the molecule is CN(CCN1CCNCC1)CC12CC3CC(CC(C3)C1)C2. The Bertz CT molecular complexity index is 326. The summed E-state index contributed by atoms with van der Waals surface area (Å²) >= 11 is 0. The molecular formula is C18H33N3. The Balaban J connectivity index is 1.29. The number of rotatable bonds is 5. The van der Waals surface area contributed by atoms with Gasteiger partial charge in [-0.25, -0.2) is 0 Å². The molecule has 0 atom stereocenters. The number of piperazine rings is 1. The van der Waals surface area contributed by atoms with Gasteiger partial charge in [-0.3, -0.25) is 4.90 Å². The van der Waals surface area contributed by atoms with Crippen molar-refractivity contribution < 1.29 is 0 Å². The van der Waals surface area contributed by atoms with Crippen LogP contribution in [0.3, 0.4) is 0 Å². The van der Waals surface area contributed by atoms with E-state index in [1.807, 2.05) is 0 Å². The zero-order valence-corrected chi connectivity index (χ0v) is 13.8. The molecule has 1 aliphatic heterocycles. The first-order valence-electron chi connectivity index (χ1n) is 9.32. The minimum Gasteiger partial charge on any atom is -0.314 e. The molecule has 1 heterocycles. The second kappa shape index (κ2) is 5.82. The Morgan fingerprint density at radius 1 is 1.00 bits per heavy atom. The summed E-state index contributed by atoms with van der Waals surface area (Å²) in [5, 5.41) is 3.45. The summed E-state index contributed by atoms with van der Waals surface area (Å²) in [5.74, 6) is 3.29. The maximum atomic E-state index is 3.45. The van der Waals surface area contributed by atoms with Crippen LogP contribution in [0.25, 0.3) is 0 Å². The van der Waals surface area contributed by atoms with Gasteiger partial charge >= 0.3 is 0 Å². The lowest BCUT2D eigenvalue weighted by Gasteiger charge is -2.57. The van der Waals surface area contributed by atoms with Crippen LogP contribution in [0.2, 0.25) is 0 Å². The molecule has 0 aromatic rings. The zero-order valence-electron chi connectivity index (χ0n) is 13.8. The van der Waals surface area contributed by atoms with Crippen molar-refractivity contribution in [1.82, 2.24) is 15.1 Å². The summed E-state index contributed by atoms with van der Waals surface area (Å²) in [7, 11) is 2.38. The molecule has 1 saturated heterocycles. The Morgan fingerprint density at radius 3 is 2.14 bits per heavy atom. The molecular weight excluding hydrogens is 258 g/mol. The number of nitrogens with one attached hydrogen (secondary N) is 1. The molecule has 0 aromatic carbocycles. The van der Waals surface area contributed by atoms with Gasteiger partial charge in [-0.2, -0.15) is 0 Å². The van der Waals surface area contributed by atoms with E-state index in [1.54, 1.807) is 38.5 Å². The third-order valence-corrected chi connectivity index (χ3v) is 6.78. The maximum absolute atomic E-state index is 3.45. The van der Waals surface area contributed by atoms with Crippen molar-refractivity contribution in [3.63, 3.8) is 0 Å². The van der Waals surface area contributed by atoms with Gasteiger partial charge in [0.2, 0.25) is 0 Å². The van der Waals surface area contributed by atoms with Crippen LogP contribution in [0.15, 0.2) is 0 Å². The van der Waals surface area contributed by atoms with Crippen molar-refractivity contribution in [3.05, 3.63) is 0 Å². The number of hydrogen-bond donors (Lipinski definition) is 1. The van der Waals surface area contributed by atoms with Crippen LogP contribution < -0.4 is 5.32 Å². The quantitative estimate of drug-likeness (QED) is 0.836. The molecule has 0 aromatic heterocycles. The van der Waals surface area contributed by atoms with Crippen LogP contribution in [0.1, 0.15) is 38.5 Å². The predicted octanol–water partition coefficient (Wildman–Crippen LogP) is 2.04. The minimum atomic E-state index is 0.715. The largest absolute Gasteiger partial charge is 0.314 e. The summed E-state index contributed by atoms with van der Waals surface area (Å²) in [4.78, 5) is 5.29. The number of likely N-dealkylation sites (N-methyl/N-ethyl adjacent to an activating group) is 1. The third kappa shape index (κ3) is 3.16. The molecule has 120 valence electrons. The van der Waals surface area contributed by atoms with Crippen molar-refractivity contribution >= 4 is 0 Å². The Labute approximate surface area is 130 Å². The molecule has 0 radical (unpaired) electrons. The first kappa shape index (κ1) is 14.5. The Kier molecular flexibility index (Phi) is 4.01. The molecule has 5 aliphatic rings. The van der Waals surface area contributed by atoms with Crippen molar-refractivity contribution in [2.45, 2.75) is 38.5 Å². The first-order chi connectivity index (χ1) is 10.2. The molecule has 4 saturated carbocycles. The van der Waals surface area contributed by atoms with Gasteiger partial charge in [0.05, 0.1) is 0 Å². The van der Waals surface area contributed by atoms with Gasteiger partial charge in [0.1, 0.15) is 0 Å². The average Bonchev–Trinajstić information content (AvgIpc) is 2.44. The van der Waals surface area contributed by atoms with E-state index in [0.717, 1.165) is 17.8 Å². The van der Waals surface area contributed by atoms with Crippen LogP contribution in [0, 0.1) is 23.2 Å². The molecule has 0 spiro atoms. The van der Waals surface area contributed by atoms with Gasteiger partial charge in [0.25, 0.3) is 0 Å². The summed E-state index contributed by atoms with van der Waals surface area (Å²) < 4.78 is 0. The predicted molar refractivity (Wildman–Crippen MR) is 87.4 cm³/mol. The highest BCUT2D eigenvalue weighted by atomic mass is 15.2. The van der Waals surface area contributed by atoms with E-state index in [2.05, 4.69) is 22.2 Å². The first-order valence-corrected chi connectivity index (χ1v) is 9.32. The molecule has 5 rings (SSSR count). The monoisotopic (exact) mass is 291 g/mol. The van der Waals surface area contributed by atoms with Crippen LogP contribution in [-0.4, -0.2) is 62.7 Å². The maximum Gasteiger partial charge on any atom is 0.0110 e. The fourth-order valence-corrected chi connectivity index (χ4v) is 6.38. The van der Waals surface area contributed by atoms with Gasteiger partial charge in [-0.05, 0) is 68.7 Å². The zero-order chi connectivity index (χ0) is 14.3. The second-order valence-corrected chi connectivity index (χ2v) is 8.75. The smallest absolute Gasteiger partial charge is 0.0110 e. The van der Waals surface area contributed by atoms with Crippen LogP contribution in [0.4, 0.5) is 0 Å². The number of nitrogens with zero attached hydrogens (tertiary/aromatic N) is 2. The molecule has 0 unspecified atom stereocenters. The lowest BCUT2D eigenvalue weighted by molar-refractivity contribution is -0.0666. The fraction of sp³-hybridized carbons (Fsp3) is 1.00. The van der Waals surface area contributed by atoms with Crippen molar-refractivity contribution in [2.75, 3.05) is 52.9 Å². The van der Waals surface area contributed by atoms with Crippen molar-refractivity contribution in [2.24, 2.45) is 23.2 Å². The molecule has 3 heteroatoms. The van der Waals surface area contributed by atoms with E-state index >= 15 is 0 Å². The molecule has 5 fully saturated rings. The van der Waals surface area contributed by atoms with E-state index < -0.39 is 0 Å². The number of hydrogen-bond acceptors (Lipinski definition) is 3. The lowest BCUT2D eigenvalue weighted by atomic mass is 9.49. The van der Waals surface area contributed by atoms with E-state index in [1.165, 1.54) is 45.8 Å². The summed E-state index contributed by atoms with van der Waals surface area (Å²) in [5.41, 5.74) is 0.715. The lowest BCUT2D eigenvalue weighted by Crippen LogP contribution is -2.52. The van der Waals surface area contributed by atoms with E-state index in [4.69, 9.17) is 0 Å². The van der Waals surface area contributed by atoms with Crippen LogP contribution in [-0.2, 0) is 0 Å². The molecule has 4 aliphatic carbocycles. The highest BCUT2D eigenvalue weighted by molar-refractivity contribution is 5.02. The van der Waals surface area contributed by atoms with Crippen LogP contribution in [0.5, 0.6) is 0 Å². The normalized spacial score (nSPS) is 42.9. The highest BCUT2D eigenvalue weighted by Gasteiger charge is 2.50. The van der Waals surface area contributed by atoms with Gasteiger partial charge in [-0.1, -0.05) is 0 Å². The standard InChI is InChI=1S/C18H33N3/c1-20(6-7-21-4-2-19-3-5-21)14-18-11-15-8-16(12-18)10-17(9-15)13-18/h15-17,19H,2-14H2,1H3. The molecule has 1 N–H and O–H groups in total. The van der Waals surface area contributed by atoms with Crippen molar-refractivity contribution in [1.29, 1.82) is 0 Å². The summed E-state index contributed by atoms with van der Waals surface area (Å²) in [6, 6.07) is 0. The average molecular weight is 291 g/mol. The Morgan fingerprint density at radius 2 is 1.57 bits per heavy atom. The van der Waals surface area contributed by atoms with Crippen LogP contribution >= 0.6 is 0 Å². The molecule has 0 amide bonds. The summed E-state index contributed by atoms with van der Waals surface area (Å²) in [6.07, 6.45) is 9.38. The molecule has 4 bridgehead atoms. The minimum absolute atomic E-state index is 0.715. The third-order valence-electron chi connectivity index (χ3n) is 6.78. The van der Waals surface area contributed by atoms with Gasteiger partial charge in [-0.15, -0.1) is 0 Å². The van der Waals surface area contributed by atoms with Gasteiger partial charge in [0.15, 0.2) is 0 Å². The summed E-state index contributed by atoms with van der Waals surface area (Å²) in [6.45, 7) is 8.75. The van der Waals surface area contributed by atoms with Crippen molar-refractivity contribution in [3.8, 4) is 0 Å². The van der Waals surface area contributed by atoms with Gasteiger partial charge in [0, 0.05) is 45.8 Å². The Hall–Kier alpha value is -0.120.